The van der Waals surface area contributed by atoms with E-state index in [1.54, 1.807) is 48.7 Å². The first-order valence-electron chi connectivity index (χ1n) is 7.84. The minimum atomic E-state index is -2.84. The number of halogens is 1. The molecule has 0 saturated carbocycles. The highest BCUT2D eigenvalue weighted by Gasteiger charge is 2.11. The molecule has 1 amide bonds. The Labute approximate surface area is 162 Å². The van der Waals surface area contributed by atoms with Gasteiger partial charge in [0.25, 0.3) is 5.91 Å². The maximum atomic E-state index is 12.7. The normalized spacial score (nSPS) is 12.4. The molecular weight excluding hydrogens is 382 g/mol. The fourth-order valence-corrected chi connectivity index (χ4v) is 3.46. The molecule has 2 aromatic heterocycles. The number of pyridine rings is 2. The van der Waals surface area contributed by atoms with Crippen LogP contribution in [0.5, 0.6) is 0 Å². The molecule has 3 aromatic rings. The van der Waals surface area contributed by atoms with Gasteiger partial charge in [-0.3, -0.25) is 9.78 Å². The molecule has 0 unspecified atom stereocenters. The van der Waals surface area contributed by atoms with E-state index in [-0.39, 0.29) is 5.56 Å². The van der Waals surface area contributed by atoms with E-state index in [1.165, 1.54) is 18.6 Å². The van der Waals surface area contributed by atoms with Crippen molar-refractivity contribution in [3.8, 4) is 11.8 Å². The molecule has 0 N–H and O–H groups in total. The van der Waals surface area contributed by atoms with Crippen LogP contribution in [0, 0.1) is 11.8 Å². The van der Waals surface area contributed by atoms with Crippen molar-refractivity contribution in [2.45, 2.75) is 4.90 Å². The summed E-state index contributed by atoms with van der Waals surface area (Å²) in [4.78, 5) is 20.9. The second-order valence-electron chi connectivity index (χ2n) is 5.59. The summed E-state index contributed by atoms with van der Waals surface area (Å²) >= 11 is 5.74. The van der Waals surface area contributed by atoms with Gasteiger partial charge in [0, 0.05) is 40.9 Å². The second kappa shape index (κ2) is 8.12. The van der Waals surface area contributed by atoms with Crippen molar-refractivity contribution in [2.75, 3.05) is 6.26 Å². The maximum absolute atomic E-state index is 12.7. The van der Waals surface area contributed by atoms with Crippen LogP contribution in [-0.4, -0.2) is 26.3 Å². The molecular formula is C20H14ClN3O2S. The standard InChI is InChI=1S/C20H14ClN3O2S/c1-27(26,18-5-3-2-4-6-18)24-20(25)17-11-16(12-22-14-17)8-7-15-9-10-19(21)23-13-15/h2-6,9-14H,1H3/t27-/m0/s1. The zero-order chi connectivity index (χ0) is 19.3. The smallest absolute Gasteiger partial charge is 0.266 e. The van der Waals surface area contributed by atoms with Gasteiger partial charge in [-0.2, -0.15) is 4.36 Å². The highest BCUT2D eigenvalue weighted by molar-refractivity contribution is 7.93. The largest absolute Gasteiger partial charge is 0.286 e. The van der Waals surface area contributed by atoms with Gasteiger partial charge in [-0.25, -0.2) is 9.19 Å². The zero-order valence-corrected chi connectivity index (χ0v) is 15.9. The summed E-state index contributed by atoms with van der Waals surface area (Å²) in [5, 5.41) is 0.387. The van der Waals surface area contributed by atoms with Crippen molar-refractivity contribution in [3.63, 3.8) is 0 Å². The van der Waals surface area contributed by atoms with E-state index in [1.807, 2.05) is 6.07 Å². The van der Waals surface area contributed by atoms with E-state index in [0.717, 1.165) is 0 Å². The van der Waals surface area contributed by atoms with E-state index in [2.05, 4.69) is 26.2 Å². The predicted molar refractivity (Wildman–Crippen MR) is 105 cm³/mol. The van der Waals surface area contributed by atoms with E-state index >= 15 is 0 Å². The maximum Gasteiger partial charge on any atom is 0.286 e. The molecule has 0 aliphatic rings. The number of aromatic nitrogens is 2. The van der Waals surface area contributed by atoms with Crippen molar-refractivity contribution in [1.82, 2.24) is 9.97 Å². The summed E-state index contributed by atoms with van der Waals surface area (Å²) in [5.74, 6) is 5.23. The lowest BCUT2D eigenvalue weighted by molar-refractivity contribution is 0.100. The summed E-state index contributed by atoms with van der Waals surface area (Å²) < 4.78 is 16.6. The fraction of sp³-hybridized carbons (Fsp3) is 0.0500. The van der Waals surface area contributed by atoms with Gasteiger partial charge in [-0.15, -0.1) is 0 Å². The Morgan fingerprint density at radius 3 is 2.48 bits per heavy atom. The molecule has 0 aliphatic heterocycles. The molecule has 2 heterocycles. The van der Waals surface area contributed by atoms with Gasteiger partial charge in [0.05, 0.1) is 15.3 Å². The van der Waals surface area contributed by atoms with Crippen LogP contribution in [0.3, 0.4) is 0 Å². The van der Waals surface area contributed by atoms with Crippen molar-refractivity contribution in [1.29, 1.82) is 0 Å². The summed E-state index contributed by atoms with van der Waals surface area (Å²) in [6, 6.07) is 13.6. The number of hydrogen-bond acceptors (Lipinski definition) is 4. The number of benzene rings is 1. The average Bonchev–Trinajstić information content (AvgIpc) is 2.68. The van der Waals surface area contributed by atoms with Crippen LogP contribution in [0.15, 0.2) is 76.4 Å². The second-order valence-corrected chi connectivity index (χ2v) is 8.24. The van der Waals surface area contributed by atoms with Crippen LogP contribution >= 0.6 is 11.6 Å². The van der Waals surface area contributed by atoms with Crippen molar-refractivity contribution < 1.29 is 9.00 Å². The molecule has 0 bridgehead atoms. The average molecular weight is 396 g/mol. The molecule has 7 heteroatoms. The van der Waals surface area contributed by atoms with E-state index in [9.17, 15) is 9.00 Å². The molecule has 3 rings (SSSR count). The molecule has 5 nitrogen and oxygen atoms in total. The fourth-order valence-electron chi connectivity index (χ4n) is 2.16. The van der Waals surface area contributed by atoms with E-state index in [4.69, 9.17) is 11.6 Å². The Hall–Kier alpha value is -3.01. The van der Waals surface area contributed by atoms with E-state index < -0.39 is 15.6 Å². The van der Waals surface area contributed by atoms with Crippen LogP contribution in [0.1, 0.15) is 21.5 Å². The lowest BCUT2D eigenvalue weighted by atomic mass is 10.2. The minimum absolute atomic E-state index is 0.224. The molecule has 0 radical (unpaired) electrons. The van der Waals surface area contributed by atoms with Crippen molar-refractivity contribution in [2.24, 2.45) is 4.36 Å². The molecule has 1 aromatic carbocycles. The van der Waals surface area contributed by atoms with Crippen LogP contribution in [0.2, 0.25) is 5.15 Å². The Balaban J connectivity index is 1.87. The van der Waals surface area contributed by atoms with Crippen molar-refractivity contribution >= 4 is 27.2 Å². The number of nitrogens with zero attached hydrogens (tertiary/aromatic N) is 3. The molecule has 27 heavy (non-hydrogen) atoms. The third-order valence-electron chi connectivity index (χ3n) is 3.50. The van der Waals surface area contributed by atoms with E-state index in [0.29, 0.717) is 21.2 Å². The first-order chi connectivity index (χ1) is 12.9. The summed E-state index contributed by atoms with van der Waals surface area (Å²) in [6.45, 7) is 0. The monoisotopic (exact) mass is 395 g/mol. The quantitative estimate of drug-likeness (QED) is 0.488. The number of carbonyl (C=O) groups is 1. The summed E-state index contributed by atoms with van der Waals surface area (Å²) in [7, 11) is -2.84. The number of hydrogen-bond donors (Lipinski definition) is 0. The number of carbonyl (C=O) groups excluding carboxylic acids is 1. The van der Waals surface area contributed by atoms with Crippen LogP contribution in [-0.2, 0) is 9.73 Å². The molecule has 0 spiro atoms. The zero-order valence-electron chi connectivity index (χ0n) is 14.3. The first kappa shape index (κ1) is 18.8. The van der Waals surface area contributed by atoms with Gasteiger partial charge in [0.15, 0.2) is 0 Å². The van der Waals surface area contributed by atoms with Gasteiger partial charge >= 0.3 is 0 Å². The molecule has 0 saturated heterocycles. The Bertz CT molecular complexity index is 1160. The molecule has 0 fully saturated rings. The molecule has 0 aliphatic carbocycles. The molecule has 134 valence electrons. The van der Waals surface area contributed by atoms with Gasteiger partial charge in [0.2, 0.25) is 0 Å². The van der Waals surface area contributed by atoms with Crippen LogP contribution in [0.25, 0.3) is 0 Å². The van der Waals surface area contributed by atoms with Crippen LogP contribution < -0.4 is 0 Å². The summed E-state index contributed by atoms with van der Waals surface area (Å²) in [5.41, 5.74) is 1.44. The van der Waals surface area contributed by atoms with Gasteiger partial charge in [-0.1, -0.05) is 41.6 Å². The van der Waals surface area contributed by atoms with Gasteiger partial charge in [0.1, 0.15) is 5.15 Å². The lowest BCUT2D eigenvalue weighted by Crippen LogP contribution is -2.04. The predicted octanol–water partition coefficient (Wildman–Crippen LogP) is 3.83. The van der Waals surface area contributed by atoms with Gasteiger partial charge < -0.3 is 0 Å². The number of amides is 1. The SMILES string of the molecule is C[S@@](=O)(=NC(=O)c1cncc(C#Cc2ccc(Cl)nc2)c1)c1ccccc1. The first-order valence-corrected chi connectivity index (χ1v) is 10.1. The molecule has 1 atom stereocenters. The number of rotatable bonds is 2. The van der Waals surface area contributed by atoms with Crippen LogP contribution in [0.4, 0.5) is 0 Å². The topological polar surface area (TPSA) is 72.3 Å². The third kappa shape index (κ3) is 5.00. The Morgan fingerprint density at radius 2 is 1.78 bits per heavy atom. The minimum Gasteiger partial charge on any atom is -0.266 e. The summed E-state index contributed by atoms with van der Waals surface area (Å²) in [6.07, 6.45) is 5.90. The highest BCUT2D eigenvalue weighted by Crippen LogP contribution is 2.13. The Kier molecular flexibility index (Phi) is 5.65. The highest BCUT2D eigenvalue weighted by atomic mass is 35.5. The van der Waals surface area contributed by atoms with Gasteiger partial charge in [-0.05, 0) is 30.3 Å². The van der Waals surface area contributed by atoms with Crippen molar-refractivity contribution in [3.05, 3.63) is 89.0 Å². The third-order valence-corrected chi connectivity index (χ3v) is 5.39. The lowest BCUT2D eigenvalue weighted by Gasteiger charge is -2.03. The Morgan fingerprint density at radius 1 is 1.04 bits per heavy atom.